The molecule has 0 aromatic carbocycles. The molecule has 72 valence electrons. The molecule has 0 aliphatic heterocycles. The van der Waals surface area contributed by atoms with Gasteiger partial charge < -0.3 is 10.1 Å². The zero-order valence-corrected chi connectivity index (χ0v) is 8.60. The van der Waals surface area contributed by atoms with Gasteiger partial charge in [0.15, 0.2) is 0 Å². The number of alkyl halides is 1. The molecule has 1 atom stereocenters. The zero-order valence-electron chi connectivity index (χ0n) is 7.85. The lowest BCUT2D eigenvalue weighted by Gasteiger charge is -2.14. The molecule has 0 rings (SSSR count). The van der Waals surface area contributed by atoms with Gasteiger partial charge in [-0.2, -0.15) is 0 Å². The molecular formula is C9H18ClNO. The Labute approximate surface area is 79.9 Å². The van der Waals surface area contributed by atoms with Crippen LogP contribution >= 0.6 is 11.6 Å². The number of methoxy groups -OCH3 is 1. The normalized spacial score (nSPS) is 13.9. The Bertz CT molecular complexity index is 111. The first-order valence-electron chi connectivity index (χ1n) is 4.24. The Hall–Kier alpha value is -0.0500. The summed E-state index contributed by atoms with van der Waals surface area (Å²) in [6, 6.07) is 0.378. The van der Waals surface area contributed by atoms with Gasteiger partial charge in [0.25, 0.3) is 0 Å². The van der Waals surface area contributed by atoms with Gasteiger partial charge in [-0.3, -0.25) is 0 Å². The summed E-state index contributed by atoms with van der Waals surface area (Å²) in [6.07, 6.45) is 5.06. The number of ether oxygens (including phenoxy) is 1. The maximum absolute atomic E-state index is 5.63. The van der Waals surface area contributed by atoms with E-state index < -0.39 is 0 Å². The molecule has 0 aromatic heterocycles. The second-order valence-electron chi connectivity index (χ2n) is 2.61. The Morgan fingerprint density at radius 1 is 1.58 bits per heavy atom. The molecule has 0 fully saturated rings. The molecular weight excluding hydrogens is 174 g/mol. The zero-order chi connectivity index (χ0) is 9.23. The van der Waals surface area contributed by atoms with Gasteiger partial charge in [0.1, 0.15) is 0 Å². The van der Waals surface area contributed by atoms with Gasteiger partial charge in [0, 0.05) is 25.6 Å². The van der Waals surface area contributed by atoms with Gasteiger partial charge in [-0.25, -0.2) is 0 Å². The molecule has 12 heavy (non-hydrogen) atoms. The first-order valence-corrected chi connectivity index (χ1v) is 4.78. The lowest BCUT2D eigenvalue weighted by atomic mass is 10.2. The number of halogens is 1. The van der Waals surface area contributed by atoms with Crippen molar-refractivity contribution in [2.45, 2.75) is 19.4 Å². The van der Waals surface area contributed by atoms with Crippen LogP contribution in [0.2, 0.25) is 0 Å². The van der Waals surface area contributed by atoms with Gasteiger partial charge in [-0.15, -0.1) is 11.6 Å². The fourth-order valence-electron chi connectivity index (χ4n) is 0.930. The van der Waals surface area contributed by atoms with Gasteiger partial charge in [-0.1, -0.05) is 12.2 Å². The minimum atomic E-state index is 0.378. The average molecular weight is 192 g/mol. The van der Waals surface area contributed by atoms with E-state index >= 15 is 0 Å². The molecule has 0 radical (unpaired) electrons. The summed E-state index contributed by atoms with van der Waals surface area (Å²) in [5, 5.41) is 3.33. The summed E-state index contributed by atoms with van der Waals surface area (Å²) in [4.78, 5) is 0. The highest BCUT2D eigenvalue weighted by atomic mass is 35.5. The number of hydrogen-bond donors (Lipinski definition) is 1. The van der Waals surface area contributed by atoms with Crippen LogP contribution in [0.25, 0.3) is 0 Å². The second-order valence-corrected chi connectivity index (χ2v) is 2.99. The number of allylic oxidation sites excluding steroid dienone is 1. The van der Waals surface area contributed by atoms with Crippen LogP contribution in [0, 0.1) is 0 Å². The highest BCUT2D eigenvalue weighted by molar-refractivity contribution is 6.17. The van der Waals surface area contributed by atoms with E-state index in [4.69, 9.17) is 16.3 Å². The van der Waals surface area contributed by atoms with E-state index in [1.165, 1.54) is 0 Å². The third-order valence-electron chi connectivity index (χ3n) is 1.59. The van der Waals surface area contributed by atoms with Crippen LogP contribution in [0.4, 0.5) is 0 Å². The molecule has 0 bridgehead atoms. The van der Waals surface area contributed by atoms with Crippen molar-refractivity contribution in [3.8, 4) is 0 Å². The van der Waals surface area contributed by atoms with E-state index in [1.807, 2.05) is 13.0 Å². The SMILES string of the molecule is C/C=C/CNC(CCCl)COC. The topological polar surface area (TPSA) is 21.3 Å². The summed E-state index contributed by atoms with van der Waals surface area (Å²) in [7, 11) is 1.71. The third-order valence-corrected chi connectivity index (χ3v) is 1.80. The molecule has 0 spiro atoms. The Morgan fingerprint density at radius 2 is 2.33 bits per heavy atom. The lowest BCUT2D eigenvalue weighted by molar-refractivity contribution is 0.166. The van der Waals surface area contributed by atoms with E-state index in [9.17, 15) is 0 Å². The molecule has 3 heteroatoms. The highest BCUT2D eigenvalue weighted by Crippen LogP contribution is 1.94. The summed E-state index contributed by atoms with van der Waals surface area (Å²) in [5.41, 5.74) is 0. The molecule has 1 N–H and O–H groups in total. The van der Waals surface area contributed by atoms with Gasteiger partial charge >= 0.3 is 0 Å². The van der Waals surface area contributed by atoms with Crippen molar-refractivity contribution in [1.82, 2.24) is 5.32 Å². The van der Waals surface area contributed by atoms with E-state index in [1.54, 1.807) is 7.11 Å². The van der Waals surface area contributed by atoms with E-state index in [2.05, 4.69) is 11.4 Å². The minimum absolute atomic E-state index is 0.378. The van der Waals surface area contributed by atoms with Crippen LogP contribution in [-0.4, -0.2) is 32.2 Å². The molecule has 0 aliphatic carbocycles. The smallest absolute Gasteiger partial charge is 0.0616 e. The van der Waals surface area contributed by atoms with Crippen molar-refractivity contribution < 1.29 is 4.74 Å². The minimum Gasteiger partial charge on any atom is -0.383 e. The van der Waals surface area contributed by atoms with Crippen molar-refractivity contribution >= 4 is 11.6 Å². The van der Waals surface area contributed by atoms with Crippen LogP contribution in [0.1, 0.15) is 13.3 Å². The Kier molecular flexibility index (Phi) is 9.00. The predicted octanol–water partition coefficient (Wildman–Crippen LogP) is 1.80. The quantitative estimate of drug-likeness (QED) is 0.490. The fraction of sp³-hybridized carbons (Fsp3) is 0.778. The third kappa shape index (κ3) is 6.65. The predicted molar refractivity (Wildman–Crippen MR) is 53.8 cm³/mol. The summed E-state index contributed by atoms with van der Waals surface area (Å²) in [6.45, 7) is 3.63. The van der Waals surface area contributed by atoms with Crippen molar-refractivity contribution in [3.05, 3.63) is 12.2 Å². The van der Waals surface area contributed by atoms with Crippen molar-refractivity contribution in [3.63, 3.8) is 0 Å². The molecule has 0 aromatic rings. The standard InChI is InChI=1S/C9H18ClNO/c1-3-4-7-11-9(5-6-10)8-12-2/h3-4,9,11H,5-8H2,1-2H3/b4-3+. The maximum atomic E-state index is 5.63. The number of hydrogen-bond acceptors (Lipinski definition) is 2. The summed E-state index contributed by atoms with van der Waals surface area (Å²) in [5.74, 6) is 0.677. The van der Waals surface area contributed by atoms with Crippen molar-refractivity contribution in [2.24, 2.45) is 0 Å². The molecule has 1 unspecified atom stereocenters. The molecule has 2 nitrogen and oxygen atoms in total. The number of rotatable bonds is 7. The van der Waals surface area contributed by atoms with Crippen LogP contribution in [0.3, 0.4) is 0 Å². The highest BCUT2D eigenvalue weighted by Gasteiger charge is 2.04. The first kappa shape index (κ1) is 11.9. The van der Waals surface area contributed by atoms with Crippen molar-refractivity contribution in [1.29, 1.82) is 0 Å². The van der Waals surface area contributed by atoms with Crippen LogP contribution in [0.5, 0.6) is 0 Å². The van der Waals surface area contributed by atoms with Gasteiger partial charge in [-0.05, 0) is 13.3 Å². The molecule has 0 heterocycles. The molecule has 0 saturated carbocycles. The Morgan fingerprint density at radius 3 is 2.83 bits per heavy atom. The molecule has 0 aliphatic rings. The Balaban J connectivity index is 3.47. The van der Waals surface area contributed by atoms with Gasteiger partial charge in [0.05, 0.1) is 6.61 Å². The average Bonchev–Trinajstić information content (AvgIpc) is 2.06. The lowest BCUT2D eigenvalue weighted by Crippen LogP contribution is -2.33. The molecule has 0 saturated heterocycles. The second kappa shape index (κ2) is 9.04. The van der Waals surface area contributed by atoms with E-state index in [0.717, 1.165) is 19.6 Å². The monoisotopic (exact) mass is 191 g/mol. The van der Waals surface area contributed by atoms with Crippen LogP contribution < -0.4 is 5.32 Å². The first-order chi connectivity index (χ1) is 5.85. The van der Waals surface area contributed by atoms with E-state index in [0.29, 0.717) is 11.9 Å². The van der Waals surface area contributed by atoms with Crippen molar-refractivity contribution in [2.75, 3.05) is 26.1 Å². The summed E-state index contributed by atoms with van der Waals surface area (Å²) < 4.78 is 5.04. The summed E-state index contributed by atoms with van der Waals surface area (Å²) >= 11 is 5.63. The van der Waals surface area contributed by atoms with Crippen LogP contribution in [-0.2, 0) is 4.74 Å². The number of nitrogens with one attached hydrogen (secondary N) is 1. The van der Waals surface area contributed by atoms with E-state index in [-0.39, 0.29) is 0 Å². The fourth-order valence-corrected chi connectivity index (χ4v) is 1.19. The maximum Gasteiger partial charge on any atom is 0.0616 e. The molecule has 0 amide bonds. The largest absolute Gasteiger partial charge is 0.383 e. The van der Waals surface area contributed by atoms with Gasteiger partial charge in [0.2, 0.25) is 0 Å². The van der Waals surface area contributed by atoms with Crippen LogP contribution in [0.15, 0.2) is 12.2 Å².